The first kappa shape index (κ1) is 12.9. The molecule has 0 atom stereocenters. The molecule has 0 saturated heterocycles. The van der Waals surface area contributed by atoms with Crippen LogP contribution in [0.2, 0.25) is 0 Å². The lowest BCUT2D eigenvalue weighted by molar-refractivity contribution is -0.140. The molecule has 0 aliphatic rings. The number of likely N-dealkylation sites (N-methyl/N-ethyl adjacent to an activating group) is 1. The number of carbonyl (C=O) groups is 1. The van der Waals surface area contributed by atoms with E-state index in [0.29, 0.717) is 0 Å². The van der Waals surface area contributed by atoms with Gasteiger partial charge in [0.05, 0.1) is 13.2 Å². The van der Waals surface area contributed by atoms with Crippen molar-refractivity contribution < 1.29 is 17.9 Å². The van der Waals surface area contributed by atoms with Crippen molar-refractivity contribution in [1.82, 2.24) is 4.31 Å². The van der Waals surface area contributed by atoms with Crippen LogP contribution in [0.3, 0.4) is 0 Å². The predicted octanol–water partition coefficient (Wildman–Crippen LogP) is -0.665. The summed E-state index contributed by atoms with van der Waals surface area (Å²) in [6.07, 6.45) is 0. The third kappa shape index (κ3) is 3.72. The summed E-state index contributed by atoms with van der Waals surface area (Å²) in [5.41, 5.74) is 0. The topological polar surface area (TPSA) is 87.5 Å². The Morgan fingerprint density at radius 2 is 2.14 bits per heavy atom. The Balaban J connectivity index is 4.58. The molecule has 0 aliphatic heterocycles. The van der Waals surface area contributed by atoms with Crippen LogP contribution in [0.4, 0.5) is 0 Å². The predicted molar refractivity (Wildman–Crippen MR) is 48.7 cm³/mol. The second kappa shape index (κ2) is 5.57. The highest BCUT2D eigenvalue weighted by Crippen LogP contribution is 2.00. The van der Waals surface area contributed by atoms with Gasteiger partial charge in [0.25, 0.3) is 0 Å². The van der Waals surface area contributed by atoms with Crippen LogP contribution in [0.25, 0.3) is 0 Å². The van der Waals surface area contributed by atoms with Gasteiger partial charge in [0, 0.05) is 6.54 Å². The van der Waals surface area contributed by atoms with Crippen LogP contribution in [0.5, 0.6) is 0 Å². The lowest BCUT2D eigenvalue weighted by atomic mass is 10.6. The third-order valence-electron chi connectivity index (χ3n) is 1.53. The third-order valence-corrected chi connectivity index (χ3v) is 3.19. The second-order valence-electron chi connectivity index (χ2n) is 2.42. The highest BCUT2D eigenvalue weighted by atomic mass is 32.2. The summed E-state index contributed by atoms with van der Waals surface area (Å²) in [7, 11) is -2.48. The summed E-state index contributed by atoms with van der Waals surface area (Å²) in [5.74, 6) is -1.27. The normalized spacial score (nSPS) is 11.0. The fraction of sp³-hybridized carbons (Fsp3) is 0.714. The van der Waals surface area contributed by atoms with Gasteiger partial charge in [0.15, 0.2) is 5.75 Å². The van der Waals surface area contributed by atoms with E-state index >= 15 is 0 Å². The van der Waals surface area contributed by atoms with Crippen molar-refractivity contribution in [2.24, 2.45) is 0 Å². The number of nitrogens with zero attached hydrogens (tertiary/aromatic N) is 2. The Kier molecular flexibility index (Phi) is 5.12. The summed E-state index contributed by atoms with van der Waals surface area (Å²) in [6.45, 7) is 1.37. The molecule has 7 heteroatoms. The Hall–Kier alpha value is -1.13. The van der Waals surface area contributed by atoms with E-state index in [0.717, 1.165) is 4.31 Å². The van der Waals surface area contributed by atoms with Crippen molar-refractivity contribution in [3.05, 3.63) is 0 Å². The highest BCUT2D eigenvalue weighted by Gasteiger charge is 2.22. The fourth-order valence-electron chi connectivity index (χ4n) is 0.788. The maximum atomic E-state index is 11.3. The van der Waals surface area contributed by atoms with Crippen molar-refractivity contribution >= 4 is 16.0 Å². The van der Waals surface area contributed by atoms with Gasteiger partial charge < -0.3 is 4.74 Å². The first-order valence-electron chi connectivity index (χ1n) is 3.89. The smallest absolute Gasteiger partial charge is 0.321 e. The van der Waals surface area contributed by atoms with Crippen LogP contribution in [0, 0.1) is 11.3 Å². The number of rotatable bonds is 5. The average Bonchev–Trinajstić information content (AvgIpc) is 2.13. The molecule has 0 aromatic rings. The summed E-state index contributed by atoms with van der Waals surface area (Å²) in [6, 6.07) is 1.53. The Bertz CT molecular complexity index is 330. The number of sulfonamides is 1. The van der Waals surface area contributed by atoms with Gasteiger partial charge in [-0.3, -0.25) is 4.79 Å². The van der Waals surface area contributed by atoms with Gasteiger partial charge in [-0.05, 0) is 0 Å². The maximum Gasteiger partial charge on any atom is 0.321 e. The zero-order valence-electron chi connectivity index (χ0n) is 8.06. The van der Waals surface area contributed by atoms with Gasteiger partial charge in [-0.1, -0.05) is 6.92 Å². The van der Waals surface area contributed by atoms with Crippen LogP contribution in [-0.2, 0) is 19.6 Å². The van der Waals surface area contributed by atoms with E-state index in [9.17, 15) is 13.2 Å². The van der Waals surface area contributed by atoms with E-state index in [1.54, 1.807) is 6.92 Å². The molecular weight excluding hydrogens is 208 g/mol. The molecule has 0 rings (SSSR count). The van der Waals surface area contributed by atoms with Crippen molar-refractivity contribution in [2.45, 2.75) is 6.92 Å². The Labute approximate surface area is 83.1 Å². The van der Waals surface area contributed by atoms with E-state index in [-0.39, 0.29) is 13.1 Å². The zero-order chi connectivity index (χ0) is 11.2. The van der Waals surface area contributed by atoms with Crippen LogP contribution in [-0.4, -0.2) is 44.6 Å². The van der Waals surface area contributed by atoms with Gasteiger partial charge in [0.2, 0.25) is 10.0 Å². The molecule has 0 saturated carbocycles. The number of carbonyl (C=O) groups excluding carboxylic acids is 1. The van der Waals surface area contributed by atoms with Crippen LogP contribution in [0.1, 0.15) is 6.92 Å². The summed E-state index contributed by atoms with van der Waals surface area (Å²) in [4.78, 5) is 10.8. The van der Waals surface area contributed by atoms with Crippen molar-refractivity contribution in [3.8, 4) is 6.07 Å². The minimum atomic E-state index is -3.66. The van der Waals surface area contributed by atoms with Gasteiger partial charge in [0.1, 0.15) is 6.54 Å². The van der Waals surface area contributed by atoms with Crippen molar-refractivity contribution in [1.29, 1.82) is 5.26 Å². The van der Waals surface area contributed by atoms with Crippen LogP contribution >= 0.6 is 0 Å². The molecular formula is C7H12N2O4S. The molecule has 0 aliphatic carbocycles. The van der Waals surface area contributed by atoms with Crippen molar-refractivity contribution in [2.75, 3.05) is 26.0 Å². The molecule has 0 N–H and O–H groups in total. The lowest BCUT2D eigenvalue weighted by Gasteiger charge is -2.16. The molecule has 0 amide bonds. The molecule has 0 unspecified atom stereocenters. The average molecular weight is 220 g/mol. The van der Waals surface area contributed by atoms with E-state index in [2.05, 4.69) is 4.74 Å². The van der Waals surface area contributed by atoms with E-state index < -0.39 is 21.7 Å². The number of nitriles is 1. The lowest BCUT2D eigenvalue weighted by Crippen LogP contribution is -2.37. The molecule has 0 heterocycles. The molecule has 0 aromatic heterocycles. The SMILES string of the molecule is CCN(CC(=O)OC)S(=O)(=O)CC#N. The van der Waals surface area contributed by atoms with Crippen molar-refractivity contribution in [3.63, 3.8) is 0 Å². The number of esters is 1. The summed E-state index contributed by atoms with van der Waals surface area (Å²) in [5, 5.41) is 8.27. The quantitative estimate of drug-likeness (QED) is 0.574. The fourth-order valence-corrected chi connectivity index (χ4v) is 1.83. The zero-order valence-corrected chi connectivity index (χ0v) is 8.87. The molecule has 0 radical (unpaired) electrons. The molecule has 0 fully saturated rings. The second-order valence-corrected chi connectivity index (χ2v) is 4.39. The van der Waals surface area contributed by atoms with E-state index in [1.165, 1.54) is 13.2 Å². The summed E-state index contributed by atoms with van der Waals surface area (Å²) < 4.78 is 27.9. The van der Waals surface area contributed by atoms with E-state index in [1.807, 2.05) is 0 Å². The standard InChI is InChI=1S/C7H12N2O4S/c1-3-9(6-7(10)13-2)14(11,12)5-4-8/h3,5-6H2,1-2H3. The van der Waals surface area contributed by atoms with Gasteiger partial charge >= 0.3 is 5.97 Å². The first-order valence-corrected chi connectivity index (χ1v) is 5.50. The molecule has 0 spiro atoms. The van der Waals surface area contributed by atoms with Crippen LogP contribution < -0.4 is 0 Å². The molecule has 0 aromatic carbocycles. The number of ether oxygens (including phenoxy) is 1. The molecule has 0 bridgehead atoms. The van der Waals surface area contributed by atoms with Gasteiger partial charge in [-0.25, -0.2) is 8.42 Å². The van der Waals surface area contributed by atoms with Crippen LogP contribution in [0.15, 0.2) is 0 Å². The first-order chi connectivity index (χ1) is 6.47. The molecule has 6 nitrogen and oxygen atoms in total. The summed E-state index contributed by atoms with van der Waals surface area (Å²) >= 11 is 0. The Morgan fingerprint density at radius 1 is 1.57 bits per heavy atom. The number of hydrogen-bond donors (Lipinski definition) is 0. The largest absolute Gasteiger partial charge is 0.468 e. The minimum absolute atomic E-state index is 0.138. The maximum absolute atomic E-state index is 11.3. The number of hydrogen-bond acceptors (Lipinski definition) is 5. The highest BCUT2D eigenvalue weighted by molar-refractivity contribution is 7.89. The molecule has 80 valence electrons. The van der Waals surface area contributed by atoms with E-state index in [4.69, 9.17) is 5.26 Å². The molecule has 14 heavy (non-hydrogen) atoms. The minimum Gasteiger partial charge on any atom is -0.468 e. The van der Waals surface area contributed by atoms with Gasteiger partial charge in [-0.15, -0.1) is 0 Å². The van der Waals surface area contributed by atoms with Gasteiger partial charge in [-0.2, -0.15) is 9.57 Å². The number of methoxy groups -OCH3 is 1. The Morgan fingerprint density at radius 3 is 2.50 bits per heavy atom. The monoisotopic (exact) mass is 220 g/mol.